The van der Waals surface area contributed by atoms with Crippen LogP contribution in [0, 0.1) is 13.8 Å². The molecule has 1 atom stereocenters. The van der Waals surface area contributed by atoms with E-state index in [2.05, 4.69) is 61.4 Å². The molecule has 2 heteroatoms. The van der Waals surface area contributed by atoms with Crippen molar-refractivity contribution in [2.24, 2.45) is 0 Å². The van der Waals surface area contributed by atoms with Gasteiger partial charge in [-0.3, -0.25) is 4.98 Å². The fraction of sp³-hybridized carbons (Fsp3) is 0.421. The number of hydrogen-bond donors (Lipinski definition) is 1. The van der Waals surface area contributed by atoms with E-state index in [-0.39, 0.29) is 0 Å². The Kier molecular flexibility index (Phi) is 5.94. The molecule has 2 nitrogen and oxygen atoms in total. The van der Waals surface area contributed by atoms with Crippen molar-refractivity contribution < 1.29 is 0 Å². The molecule has 0 amide bonds. The van der Waals surface area contributed by atoms with Crippen LogP contribution >= 0.6 is 0 Å². The Hall–Kier alpha value is -1.67. The average Bonchev–Trinajstić information content (AvgIpc) is 2.47. The Bertz CT molecular complexity index is 528. The summed E-state index contributed by atoms with van der Waals surface area (Å²) < 4.78 is 0. The third-order valence-electron chi connectivity index (χ3n) is 3.70. The standard InChI is InChI=1S/C19H26N2/c1-4-10-21-19(9-8-18-7-5-6-11-20-18)17-13-15(2)12-16(3)14-17/h5-7,11-14,19,21H,4,8-10H2,1-3H3. The minimum Gasteiger partial charge on any atom is -0.310 e. The molecule has 0 fully saturated rings. The molecule has 0 bridgehead atoms. The quantitative estimate of drug-likeness (QED) is 0.815. The summed E-state index contributed by atoms with van der Waals surface area (Å²) in [6.07, 6.45) is 5.13. The topological polar surface area (TPSA) is 24.9 Å². The van der Waals surface area contributed by atoms with Gasteiger partial charge in [0.25, 0.3) is 0 Å². The van der Waals surface area contributed by atoms with Crippen LogP contribution in [0.2, 0.25) is 0 Å². The van der Waals surface area contributed by atoms with Crippen molar-refractivity contribution in [3.8, 4) is 0 Å². The van der Waals surface area contributed by atoms with Crippen LogP contribution in [0.4, 0.5) is 0 Å². The summed E-state index contributed by atoms with van der Waals surface area (Å²) in [4.78, 5) is 4.43. The number of aryl methyl sites for hydroxylation is 3. The lowest BCUT2D eigenvalue weighted by Gasteiger charge is -2.20. The molecule has 0 spiro atoms. The van der Waals surface area contributed by atoms with E-state index in [1.165, 1.54) is 22.4 Å². The third-order valence-corrected chi connectivity index (χ3v) is 3.70. The number of pyridine rings is 1. The molecule has 0 saturated heterocycles. The fourth-order valence-corrected chi connectivity index (χ4v) is 2.75. The molecule has 1 aromatic carbocycles. The third kappa shape index (κ3) is 4.98. The first-order chi connectivity index (χ1) is 10.2. The van der Waals surface area contributed by atoms with Gasteiger partial charge in [-0.2, -0.15) is 0 Å². The maximum Gasteiger partial charge on any atom is 0.0404 e. The van der Waals surface area contributed by atoms with Gasteiger partial charge in [0.2, 0.25) is 0 Å². The first-order valence-corrected chi connectivity index (χ1v) is 7.90. The van der Waals surface area contributed by atoms with Gasteiger partial charge < -0.3 is 5.32 Å². The number of nitrogens with one attached hydrogen (secondary N) is 1. The molecule has 1 heterocycles. The lowest BCUT2D eigenvalue weighted by Crippen LogP contribution is -2.23. The minimum atomic E-state index is 0.408. The molecule has 0 radical (unpaired) electrons. The summed E-state index contributed by atoms with van der Waals surface area (Å²) in [6, 6.07) is 13.4. The summed E-state index contributed by atoms with van der Waals surface area (Å²) >= 11 is 0. The molecule has 0 aliphatic carbocycles. The molecule has 0 aliphatic heterocycles. The molecular formula is C19H26N2. The predicted molar refractivity (Wildman–Crippen MR) is 89.5 cm³/mol. The average molecular weight is 282 g/mol. The summed E-state index contributed by atoms with van der Waals surface area (Å²) in [5.41, 5.74) is 5.25. The molecule has 112 valence electrons. The van der Waals surface area contributed by atoms with Crippen LogP contribution in [-0.2, 0) is 6.42 Å². The second-order valence-corrected chi connectivity index (χ2v) is 5.79. The maximum atomic E-state index is 4.43. The van der Waals surface area contributed by atoms with Crippen molar-refractivity contribution in [3.05, 3.63) is 65.0 Å². The van der Waals surface area contributed by atoms with Crippen molar-refractivity contribution in [2.45, 2.75) is 46.1 Å². The zero-order chi connectivity index (χ0) is 15.1. The van der Waals surface area contributed by atoms with E-state index in [1.54, 1.807) is 0 Å². The minimum absolute atomic E-state index is 0.408. The van der Waals surface area contributed by atoms with Gasteiger partial charge in [-0.1, -0.05) is 42.3 Å². The Balaban J connectivity index is 2.10. The summed E-state index contributed by atoms with van der Waals surface area (Å²) in [5.74, 6) is 0. The molecule has 2 rings (SSSR count). The van der Waals surface area contributed by atoms with Crippen molar-refractivity contribution >= 4 is 0 Å². The molecule has 21 heavy (non-hydrogen) atoms. The largest absolute Gasteiger partial charge is 0.310 e. The fourth-order valence-electron chi connectivity index (χ4n) is 2.75. The van der Waals surface area contributed by atoms with Gasteiger partial charge in [0.15, 0.2) is 0 Å². The normalized spacial score (nSPS) is 12.3. The Morgan fingerprint density at radius 1 is 1.10 bits per heavy atom. The highest BCUT2D eigenvalue weighted by Gasteiger charge is 2.12. The zero-order valence-corrected chi connectivity index (χ0v) is 13.4. The number of benzene rings is 1. The van der Waals surface area contributed by atoms with Crippen LogP contribution < -0.4 is 5.32 Å². The lowest BCUT2D eigenvalue weighted by atomic mass is 9.97. The van der Waals surface area contributed by atoms with E-state index >= 15 is 0 Å². The van der Waals surface area contributed by atoms with E-state index in [4.69, 9.17) is 0 Å². The highest BCUT2D eigenvalue weighted by atomic mass is 14.9. The number of nitrogens with zero attached hydrogens (tertiary/aromatic N) is 1. The van der Waals surface area contributed by atoms with Gasteiger partial charge in [-0.05, 0) is 57.4 Å². The Morgan fingerprint density at radius 2 is 1.86 bits per heavy atom. The second kappa shape index (κ2) is 7.94. The van der Waals surface area contributed by atoms with Gasteiger partial charge in [-0.15, -0.1) is 0 Å². The lowest BCUT2D eigenvalue weighted by molar-refractivity contribution is 0.496. The molecule has 1 N–H and O–H groups in total. The molecular weight excluding hydrogens is 256 g/mol. The first kappa shape index (κ1) is 15.7. The summed E-state index contributed by atoms with van der Waals surface area (Å²) in [7, 11) is 0. The molecule has 0 aliphatic rings. The number of hydrogen-bond acceptors (Lipinski definition) is 2. The molecule has 0 saturated carbocycles. The monoisotopic (exact) mass is 282 g/mol. The Labute approximate surface area is 128 Å². The highest BCUT2D eigenvalue weighted by Crippen LogP contribution is 2.21. The summed E-state index contributed by atoms with van der Waals surface area (Å²) in [6.45, 7) is 7.61. The summed E-state index contributed by atoms with van der Waals surface area (Å²) in [5, 5.41) is 3.68. The number of aromatic nitrogens is 1. The van der Waals surface area contributed by atoms with E-state index in [0.29, 0.717) is 6.04 Å². The van der Waals surface area contributed by atoms with Crippen molar-refractivity contribution in [2.75, 3.05) is 6.54 Å². The van der Waals surface area contributed by atoms with E-state index in [1.807, 2.05) is 12.3 Å². The van der Waals surface area contributed by atoms with E-state index < -0.39 is 0 Å². The van der Waals surface area contributed by atoms with Crippen molar-refractivity contribution in [1.82, 2.24) is 10.3 Å². The predicted octanol–water partition coefficient (Wildman–Crippen LogP) is 4.37. The van der Waals surface area contributed by atoms with E-state index in [9.17, 15) is 0 Å². The van der Waals surface area contributed by atoms with Crippen LogP contribution in [0.1, 0.15) is 48.2 Å². The van der Waals surface area contributed by atoms with Gasteiger partial charge in [0.1, 0.15) is 0 Å². The zero-order valence-electron chi connectivity index (χ0n) is 13.4. The molecule has 1 aromatic heterocycles. The smallest absolute Gasteiger partial charge is 0.0404 e. The molecule has 2 aromatic rings. The van der Waals surface area contributed by atoms with E-state index in [0.717, 1.165) is 25.8 Å². The van der Waals surface area contributed by atoms with Gasteiger partial charge in [0.05, 0.1) is 0 Å². The van der Waals surface area contributed by atoms with Crippen LogP contribution in [0.3, 0.4) is 0 Å². The van der Waals surface area contributed by atoms with Gasteiger partial charge >= 0.3 is 0 Å². The first-order valence-electron chi connectivity index (χ1n) is 7.90. The van der Waals surface area contributed by atoms with Gasteiger partial charge in [0, 0.05) is 17.9 Å². The van der Waals surface area contributed by atoms with Crippen LogP contribution in [-0.4, -0.2) is 11.5 Å². The maximum absolute atomic E-state index is 4.43. The number of rotatable bonds is 7. The van der Waals surface area contributed by atoms with Crippen LogP contribution in [0.15, 0.2) is 42.6 Å². The van der Waals surface area contributed by atoms with Crippen LogP contribution in [0.25, 0.3) is 0 Å². The Morgan fingerprint density at radius 3 is 2.48 bits per heavy atom. The highest BCUT2D eigenvalue weighted by molar-refractivity contribution is 5.30. The molecule has 1 unspecified atom stereocenters. The van der Waals surface area contributed by atoms with Crippen molar-refractivity contribution in [1.29, 1.82) is 0 Å². The van der Waals surface area contributed by atoms with Crippen LogP contribution in [0.5, 0.6) is 0 Å². The van der Waals surface area contributed by atoms with Gasteiger partial charge in [-0.25, -0.2) is 0 Å². The van der Waals surface area contributed by atoms with Crippen molar-refractivity contribution in [3.63, 3.8) is 0 Å². The second-order valence-electron chi connectivity index (χ2n) is 5.79. The SMILES string of the molecule is CCCNC(CCc1ccccn1)c1cc(C)cc(C)c1.